The van der Waals surface area contributed by atoms with Crippen molar-refractivity contribution >= 4 is 11.8 Å². The molecule has 0 aliphatic carbocycles. The fraction of sp³-hybridized carbons (Fsp3) is 0.250. The normalized spacial score (nSPS) is 12.4. The maximum atomic E-state index is 9.40. The quantitative estimate of drug-likeness (QED) is 0.656. The van der Waals surface area contributed by atoms with E-state index in [4.69, 9.17) is 14.2 Å². The highest BCUT2D eigenvalue weighted by Gasteiger charge is 2.17. The number of ether oxygens (including phenoxy) is 3. The molecule has 0 atom stereocenters. The van der Waals surface area contributed by atoms with Gasteiger partial charge in [-0.2, -0.15) is 0 Å². The van der Waals surface area contributed by atoms with E-state index in [-0.39, 0.29) is 13.4 Å². The van der Waals surface area contributed by atoms with Gasteiger partial charge in [0.15, 0.2) is 11.5 Å². The predicted octanol–water partition coefficient (Wildman–Crippen LogP) is 3.08. The molecule has 0 amide bonds. The number of rotatable bonds is 6. The minimum Gasteiger partial charge on any atom is -0.492 e. The molecule has 0 spiro atoms. The molecule has 2 aromatic rings. The van der Waals surface area contributed by atoms with Gasteiger partial charge in [-0.05, 0) is 18.2 Å². The highest BCUT2D eigenvalue weighted by Crippen LogP contribution is 2.38. The summed E-state index contributed by atoms with van der Waals surface area (Å²) in [7, 11) is 0. The van der Waals surface area contributed by atoms with Gasteiger partial charge in [0.25, 0.3) is 0 Å². The third-order valence-electron chi connectivity index (χ3n) is 3.08. The average molecular weight is 304 g/mol. The zero-order valence-electron chi connectivity index (χ0n) is 11.5. The third kappa shape index (κ3) is 3.43. The number of hydrogen-bond acceptors (Lipinski definition) is 5. The Morgan fingerprint density at radius 2 is 1.86 bits per heavy atom. The van der Waals surface area contributed by atoms with Gasteiger partial charge in [0, 0.05) is 22.3 Å². The fourth-order valence-electron chi connectivity index (χ4n) is 2.05. The first-order valence-corrected chi connectivity index (χ1v) is 7.69. The molecule has 0 unspecified atom stereocenters. The maximum Gasteiger partial charge on any atom is 0.231 e. The van der Waals surface area contributed by atoms with Crippen LogP contribution in [-0.2, 0) is 6.61 Å². The summed E-state index contributed by atoms with van der Waals surface area (Å²) in [5.74, 6) is 2.81. The first-order chi connectivity index (χ1) is 10.4. The molecule has 5 heteroatoms. The van der Waals surface area contributed by atoms with Gasteiger partial charge in [0.2, 0.25) is 6.79 Å². The molecule has 3 rings (SSSR count). The zero-order chi connectivity index (χ0) is 14.5. The van der Waals surface area contributed by atoms with Gasteiger partial charge in [0.1, 0.15) is 5.75 Å². The van der Waals surface area contributed by atoms with Crippen molar-refractivity contribution in [2.75, 3.05) is 19.2 Å². The van der Waals surface area contributed by atoms with Gasteiger partial charge in [-0.1, -0.05) is 18.2 Å². The van der Waals surface area contributed by atoms with Crippen LogP contribution in [0.3, 0.4) is 0 Å². The van der Waals surface area contributed by atoms with Crippen molar-refractivity contribution in [3.63, 3.8) is 0 Å². The number of aliphatic hydroxyl groups excluding tert-OH is 1. The van der Waals surface area contributed by atoms with E-state index in [1.54, 1.807) is 23.9 Å². The highest BCUT2D eigenvalue weighted by molar-refractivity contribution is 7.99. The topological polar surface area (TPSA) is 47.9 Å². The summed E-state index contributed by atoms with van der Waals surface area (Å²) in [5, 5.41) is 9.40. The standard InChI is InChI=1S/C16H16O4S/c17-10-12-8-15-16(20-11-19-15)9-14(12)18-6-7-21-13-4-2-1-3-5-13/h1-5,8-9,17H,6-7,10-11H2. The van der Waals surface area contributed by atoms with Crippen LogP contribution in [-0.4, -0.2) is 24.3 Å². The van der Waals surface area contributed by atoms with E-state index in [0.29, 0.717) is 29.4 Å². The summed E-state index contributed by atoms with van der Waals surface area (Å²) in [5.41, 5.74) is 0.712. The smallest absolute Gasteiger partial charge is 0.231 e. The van der Waals surface area contributed by atoms with Gasteiger partial charge >= 0.3 is 0 Å². The monoisotopic (exact) mass is 304 g/mol. The minimum atomic E-state index is -0.0855. The lowest BCUT2D eigenvalue weighted by molar-refractivity contribution is 0.173. The Morgan fingerprint density at radius 1 is 1.10 bits per heavy atom. The molecule has 0 saturated carbocycles. The van der Waals surface area contributed by atoms with Gasteiger partial charge in [-0.15, -0.1) is 11.8 Å². The first-order valence-electron chi connectivity index (χ1n) is 6.71. The molecule has 0 saturated heterocycles. The number of aliphatic hydroxyl groups is 1. The zero-order valence-corrected chi connectivity index (χ0v) is 12.3. The van der Waals surface area contributed by atoms with Crippen LogP contribution in [0.4, 0.5) is 0 Å². The lowest BCUT2D eigenvalue weighted by atomic mass is 10.2. The molecule has 4 nitrogen and oxygen atoms in total. The summed E-state index contributed by atoms with van der Waals surface area (Å²) in [6.45, 7) is 0.692. The van der Waals surface area contributed by atoms with E-state index in [2.05, 4.69) is 12.1 Å². The number of fused-ring (bicyclic) bond motifs is 1. The molecule has 1 heterocycles. The maximum absolute atomic E-state index is 9.40. The number of thioether (sulfide) groups is 1. The lowest BCUT2D eigenvalue weighted by Gasteiger charge is -2.11. The van der Waals surface area contributed by atoms with E-state index in [1.807, 2.05) is 18.2 Å². The van der Waals surface area contributed by atoms with Gasteiger partial charge in [-0.3, -0.25) is 0 Å². The summed E-state index contributed by atoms with van der Waals surface area (Å²) in [4.78, 5) is 1.22. The minimum absolute atomic E-state index is 0.0855. The molecule has 0 fully saturated rings. The molecule has 1 N–H and O–H groups in total. The molecule has 1 aliphatic heterocycles. The fourth-order valence-corrected chi connectivity index (χ4v) is 2.80. The Labute approximate surface area is 127 Å². The largest absolute Gasteiger partial charge is 0.492 e. The highest BCUT2D eigenvalue weighted by atomic mass is 32.2. The van der Waals surface area contributed by atoms with E-state index in [1.165, 1.54) is 4.90 Å². The molecular formula is C16H16O4S. The van der Waals surface area contributed by atoms with Crippen LogP contribution in [0.5, 0.6) is 17.2 Å². The van der Waals surface area contributed by atoms with Crippen molar-refractivity contribution in [3.05, 3.63) is 48.0 Å². The second kappa shape index (κ2) is 6.74. The molecule has 1 aliphatic rings. The van der Waals surface area contributed by atoms with Crippen LogP contribution in [0.2, 0.25) is 0 Å². The Bertz CT molecular complexity index is 601. The van der Waals surface area contributed by atoms with E-state index in [9.17, 15) is 5.11 Å². The Morgan fingerprint density at radius 3 is 2.62 bits per heavy atom. The van der Waals surface area contributed by atoms with Crippen molar-refractivity contribution < 1.29 is 19.3 Å². The second-order valence-corrected chi connectivity index (χ2v) is 5.65. The van der Waals surface area contributed by atoms with Crippen LogP contribution < -0.4 is 14.2 Å². The first kappa shape index (κ1) is 14.1. The summed E-state index contributed by atoms with van der Waals surface area (Å²) < 4.78 is 16.4. The summed E-state index contributed by atoms with van der Waals surface area (Å²) in [6, 6.07) is 13.7. The SMILES string of the molecule is OCc1cc2c(cc1OCCSc1ccccc1)OCO2. The number of benzene rings is 2. The van der Waals surface area contributed by atoms with Crippen molar-refractivity contribution in [1.82, 2.24) is 0 Å². The van der Waals surface area contributed by atoms with Gasteiger partial charge < -0.3 is 19.3 Å². The van der Waals surface area contributed by atoms with Crippen molar-refractivity contribution in [2.45, 2.75) is 11.5 Å². The number of hydrogen-bond donors (Lipinski definition) is 1. The molecule has 0 radical (unpaired) electrons. The molecule has 0 bridgehead atoms. The molecule has 0 aromatic heterocycles. The lowest BCUT2D eigenvalue weighted by Crippen LogP contribution is -2.02. The van der Waals surface area contributed by atoms with E-state index >= 15 is 0 Å². The van der Waals surface area contributed by atoms with Gasteiger partial charge in [-0.25, -0.2) is 0 Å². The molecular weight excluding hydrogens is 288 g/mol. The average Bonchev–Trinajstić information content (AvgIpc) is 2.99. The van der Waals surface area contributed by atoms with Crippen molar-refractivity contribution in [1.29, 1.82) is 0 Å². The van der Waals surface area contributed by atoms with Gasteiger partial charge in [0.05, 0.1) is 13.2 Å². The van der Waals surface area contributed by atoms with Crippen LogP contribution in [0.1, 0.15) is 5.56 Å². The van der Waals surface area contributed by atoms with Crippen molar-refractivity contribution in [3.8, 4) is 17.2 Å². The Hall–Kier alpha value is -1.85. The predicted molar refractivity (Wildman–Crippen MR) is 81.1 cm³/mol. The summed E-state index contributed by atoms with van der Waals surface area (Å²) in [6.07, 6.45) is 0. The van der Waals surface area contributed by atoms with Crippen LogP contribution >= 0.6 is 11.8 Å². The molecule has 110 valence electrons. The molecule has 21 heavy (non-hydrogen) atoms. The Balaban J connectivity index is 1.57. The van der Waals surface area contributed by atoms with E-state index in [0.717, 1.165) is 5.75 Å². The molecule has 2 aromatic carbocycles. The van der Waals surface area contributed by atoms with Crippen molar-refractivity contribution in [2.24, 2.45) is 0 Å². The second-order valence-electron chi connectivity index (χ2n) is 4.48. The van der Waals surface area contributed by atoms with Crippen LogP contribution in [0.25, 0.3) is 0 Å². The van der Waals surface area contributed by atoms with E-state index < -0.39 is 0 Å². The van der Waals surface area contributed by atoms with Crippen LogP contribution in [0, 0.1) is 0 Å². The van der Waals surface area contributed by atoms with Crippen LogP contribution in [0.15, 0.2) is 47.4 Å². The Kier molecular flexibility index (Phi) is 4.52. The third-order valence-corrected chi connectivity index (χ3v) is 4.06. The summed E-state index contributed by atoms with van der Waals surface area (Å²) >= 11 is 1.74.